The molecule has 22 heavy (non-hydrogen) atoms. The topological polar surface area (TPSA) is 56.1 Å². The lowest BCUT2D eigenvalue weighted by Gasteiger charge is -2.32. The normalized spacial score (nSPS) is 21.0. The molecule has 2 aliphatic rings. The molecule has 1 atom stereocenters. The number of hydrogen-bond donors (Lipinski definition) is 0. The van der Waals surface area contributed by atoms with Crippen LogP contribution in [0.15, 0.2) is 24.8 Å². The molecule has 0 unspecified atom stereocenters. The lowest BCUT2D eigenvalue weighted by molar-refractivity contribution is 0.108. The SMILES string of the molecule is Cn1cnc2c1[C@H](COCC1CC1)CN(c1ncccn1)C2. The van der Waals surface area contributed by atoms with Crippen LogP contribution in [0.5, 0.6) is 0 Å². The van der Waals surface area contributed by atoms with Gasteiger partial charge in [-0.05, 0) is 24.8 Å². The Bertz CT molecular complexity index is 637. The standard InChI is InChI=1S/C16H21N5O/c1-20-11-19-14-8-21(16-17-5-2-6-18-16)7-13(15(14)20)10-22-9-12-3-4-12/h2,5-6,11-13H,3-4,7-10H2,1H3/t13-/m0/s1. The van der Waals surface area contributed by atoms with E-state index in [4.69, 9.17) is 4.74 Å². The zero-order valence-corrected chi connectivity index (χ0v) is 12.9. The smallest absolute Gasteiger partial charge is 0.225 e. The zero-order chi connectivity index (χ0) is 14.9. The second kappa shape index (κ2) is 5.68. The third kappa shape index (κ3) is 2.70. The van der Waals surface area contributed by atoms with E-state index in [-0.39, 0.29) is 0 Å². The Morgan fingerprint density at radius 3 is 2.77 bits per heavy atom. The van der Waals surface area contributed by atoms with Crippen molar-refractivity contribution in [2.24, 2.45) is 13.0 Å². The lowest BCUT2D eigenvalue weighted by Crippen LogP contribution is -2.37. The van der Waals surface area contributed by atoms with Crippen LogP contribution in [0.3, 0.4) is 0 Å². The highest BCUT2D eigenvalue weighted by atomic mass is 16.5. The molecule has 1 fully saturated rings. The van der Waals surface area contributed by atoms with Crippen molar-refractivity contribution in [3.63, 3.8) is 0 Å². The quantitative estimate of drug-likeness (QED) is 0.842. The maximum Gasteiger partial charge on any atom is 0.225 e. The van der Waals surface area contributed by atoms with Crippen LogP contribution in [0.25, 0.3) is 0 Å². The molecule has 4 rings (SSSR count). The number of hydrogen-bond acceptors (Lipinski definition) is 5. The van der Waals surface area contributed by atoms with E-state index >= 15 is 0 Å². The third-order valence-corrected chi connectivity index (χ3v) is 4.44. The monoisotopic (exact) mass is 299 g/mol. The minimum Gasteiger partial charge on any atom is -0.380 e. The summed E-state index contributed by atoms with van der Waals surface area (Å²) in [4.78, 5) is 15.5. The van der Waals surface area contributed by atoms with E-state index in [2.05, 4.69) is 31.5 Å². The summed E-state index contributed by atoms with van der Waals surface area (Å²) in [6, 6.07) is 1.84. The van der Waals surface area contributed by atoms with Gasteiger partial charge in [0, 0.05) is 44.2 Å². The molecule has 0 saturated heterocycles. The van der Waals surface area contributed by atoms with Gasteiger partial charge in [0.1, 0.15) is 0 Å². The van der Waals surface area contributed by atoms with Crippen LogP contribution in [0, 0.1) is 5.92 Å². The summed E-state index contributed by atoms with van der Waals surface area (Å²) in [6.07, 6.45) is 8.12. The number of aryl methyl sites for hydroxylation is 1. The summed E-state index contributed by atoms with van der Waals surface area (Å²) in [5.41, 5.74) is 2.41. The van der Waals surface area contributed by atoms with Crippen LogP contribution in [-0.4, -0.2) is 39.3 Å². The Balaban J connectivity index is 1.53. The predicted octanol–water partition coefficient (Wildman–Crippen LogP) is 1.74. The highest BCUT2D eigenvalue weighted by Crippen LogP contribution is 2.32. The number of ether oxygens (including phenoxy) is 1. The van der Waals surface area contributed by atoms with Crippen molar-refractivity contribution >= 4 is 5.95 Å². The molecular formula is C16H21N5O. The van der Waals surface area contributed by atoms with Crippen LogP contribution in [0.2, 0.25) is 0 Å². The first-order valence-corrected chi connectivity index (χ1v) is 7.91. The van der Waals surface area contributed by atoms with Gasteiger partial charge in [-0.1, -0.05) is 0 Å². The van der Waals surface area contributed by atoms with Gasteiger partial charge in [0.25, 0.3) is 0 Å². The maximum atomic E-state index is 5.95. The molecule has 2 aromatic heterocycles. The van der Waals surface area contributed by atoms with Crippen molar-refractivity contribution < 1.29 is 4.74 Å². The maximum absolute atomic E-state index is 5.95. The minimum absolute atomic E-state index is 0.318. The van der Waals surface area contributed by atoms with Gasteiger partial charge in [-0.2, -0.15) is 0 Å². The van der Waals surface area contributed by atoms with Crippen LogP contribution in [0.4, 0.5) is 5.95 Å². The van der Waals surface area contributed by atoms with Gasteiger partial charge in [0.15, 0.2) is 0 Å². The van der Waals surface area contributed by atoms with Crippen molar-refractivity contribution in [1.29, 1.82) is 0 Å². The average Bonchev–Trinajstić information content (AvgIpc) is 3.30. The first-order valence-electron chi connectivity index (χ1n) is 7.91. The lowest BCUT2D eigenvalue weighted by atomic mass is 9.99. The minimum atomic E-state index is 0.318. The van der Waals surface area contributed by atoms with E-state index < -0.39 is 0 Å². The molecule has 0 spiro atoms. The Kier molecular flexibility index (Phi) is 3.54. The van der Waals surface area contributed by atoms with Crippen LogP contribution in [0.1, 0.15) is 30.1 Å². The second-order valence-corrected chi connectivity index (χ2v) is 6.29. The van der Waals surface area contributed by atoms with Crippen LogP contribution in [-0.2, 0) is 18.3 Å². The molecule has 0 amide bonds. The van der Waals surface area contributed by atoms with E-state index in [1.807, 2.05) is 12.4 Å². The van der Waals surface area contributed by atoms with Gasteiger partial charge < -0.3 is 14.2 Å². The summed E-state index contributed by atoms with van der Waals surface area (Å²) >= 11 is 0. The molecule has 2 aromatic rings. The molecule has 6 heteroatoms. The molecule has 1 saturated carbocycles. The Morgan fingerprint density at radius 2 is 2.00 bits per heavy atom. The first kappa shape index (κ1) is 13.7. The summed E-state index contributed by atoms with van der Waals surface area (Å²) < 4.78 is 8.08. The zero-order valence-electron chi connectivity index (χ0n) is 12.9. The molecule has 0 N–H and O–H groups in total. The van der Waals surface area contributed by atoms with Gasteiger partial charge in [0.05, 0.1) is 25.2 Å². The van der Waals surface area contributed by atoms with Crippen LogP contribution >= 0.6 is 0 Å². The molecule has 1 aliphatic heterocycles. The largest absolute Gasteiger partial charge is 0.380 e. The second-order valence-electron chi connectivity index (χ2n) is 6.29. The number of imidazole rings is 1. The molecule has 0 bridgehead atoms. The van der Waals surface area contributed by atoms with Crippen molar-refractivity contribution in [3.05, 3.63) is 36.2 Å². The Hall–Kier alpha value is -1.95. The highest BCUT2D eigenvalue weighted by Gasteiger charge is 2.31. The number of fused-ring (bicyclic) bond motifs is 1. The molecule has 0 aromatic carbocycles. The van der Waals surface area contributed by atoms with E-state index in [1.54, 1.807) is 12.4 Å². The molecular weight excluding hydrogens is 278 g/mol. The summed E-state index contributed by atoms with van der Waals surface area (Å²) in [5, 5.41) is 0. The fourth-order valence-electron chi connectivity index (χ4n) is 3.13. The predicted molar refractivity (Wildman–Crippen MR) is 82.6 cm³/mol. The first-order chi connectivity index (χ1) is 10.8. The van der Waals surface area contributed by atoms with E-state index in [0.29, 0.717) is 5.92 Å². The Morgan fingerprint density at radius 1 is 1.18 bits per heavy atom. The van der Waals surface area contributed by atoms with Crippen molar-refractivity contribution in [2.75, 3.05) is 24.7 Å². The fraction of sp³-hybridized carbons (Fsp3) is 0.562. The van der Waals surface area contributed by atoms with Crippen molar-refractivity contribution in [1.82, 2.24) is 19.5 Å². The Labute approximate surface area is 130 Å². The average molecular weight is 299 g/mol. The number of nitrogens with zero attached hydrogens (tertiary/aromatic N) is 5. The number of rotatable bonds is 5. The van der Waals surface area contributed by atoms with Gasteiger partial charge >= 0.3 is 0 Å². The summed E-state index contributed by atoms with van der Waals surface area (Å²) in [6.45, 7) is 3.28. The molecule has 3 heterocycles. The fourth-order valence-corrected chi connectivity index (χ4v) is 3.13. The van der Waals surface area contributed by atoms with E-state index in [0.717, 1.165) is 43.9 Å². The van der Waals surface area contributed by atoms with Gasteiger partial charge in [0.2, 0.25) is 5.95 Å². The molecule has 6 nitrogen and oxygen atoms in total. The van der Waals surface area contributed by atoms with Gasteiger partial charge in [-0.25, -0.2) is 15.0 Å². The summed E-state index contributed by atoms with van der Waals surface area (Å²) in [5.74, 6) is 1.88. The van der Waals surface area contributed by atoms with E-state index in [9.17, 15) is 0 Å². The highest BCUT2D eigenvalue weighted by molar-refractivity contribution is 5.37. The molecule has 116 valence electrons. The summed E-state index contributed by atoms with van der Waals surface area (Å²) in [7, 11) is 2.06. The van der Waals surface area contributed by atoms with Crippen molar-refractivity contribution in [2.45, 2.75) is 25.3 Å². The molecule has 1 aliphatic carbocycles. The number of anilines is 1. The number of aromatic nitrogens is 4. The third-order valence-electron chi connectivity index (χ3n) is 4.44. The van der Waals surface area contributed by atoms with Gasteiger partial charge in [-0.15, -0.1) is 0 Å². The van der Waals surface area contributed by atoms with E-state index in [1.165, 1.54) is 18.5 Å². The van der Waals surface area contributed by atoms with Crippen LogP contribution < -0.4 is 4.90 Å². The van der Waals surface area contributed by atoms with Crippen molar-refractivity contribution in [3.8, 4) is 0 Å². The molecule has 0 radical (unpaired) electrons. The van der Waals surface area contributed by atoms with Gasteiger partial charge in [-0.3, -0.25) is 0 Å².